The third-order valence-corrected chi connectivity index (χ3v) is 2.06. The lowest BCUT2D eigenvalue weighted by atomic mass is 10.2. The second kappa shape index (κ2) is 4.94. The molecule has 1 rings (SSSR count). The number of nitrogens with one attached hydrogen (secondary N) is 1. The molecular formula is C11H17N. The van der Waals surface area contributed by atoms with Crippen molar-refractivity contribution >= 4 is 0 Å². The Morgan fingerprint density at radius 2 is 2.25 bits per heavy atom. The van der Waals surface area contributed by atoms with Crippen molar-refractivity contribution in [3.05, 3.63) is 35.5 Å². The van der Waals surface area contributed by atoms with Gasteiger partial charge < -0.3 is 5.32 Å². The van der Waals surface area contributed by atoms with Crippen molar-refractivity contribution in [3.63, 3.8) is 0 Å². The summed E-state index contributed by atoms with van der Waals surface area (Å²) in [4.78, 5) is 0. The first kappa shape index (κ1) is 9.27. The lowest BCUT2D eigenvalue weighted by Gasteiger charge is -1.99. The molecule has 0 aliphatic heterocycles. The fourth-order valence-corrected chi connectivity index (χ4v) is 1.30. The zero-order valence-corrected chi connectivity index (χ0v) is 7.93. The minimum atomic E-state index is 0.998. The van der Waals surface area contributed by atoms with Crippen LogP contribution in [0, 0.1) is 0 Å². The first-order valence-electron chi connectivity index (χ1n) is 4.56. The molecule has 66 valence electrons. The van der Waals surface area contributed by atoms with Gasteiger partial charge in [-0.2, -0.15) is 0 Å². The Kier molecular flexibility index (Phi) is 3.81. The largest absolute Gasteiger partial charge is 0.316 e. The Morgan fingerprint density at radius 3 is 2.92 bits per heavy atom. The van der Waals surface area contributed by atoms with Crippen molar-refractivity contribution in [2.45, 2.75) is 19.8 Å². The molecule has 0 unspecified atom stereocenters. The predicted molar refractivity (Wildman–Crippen MR) is 54.1 cm³/mol. The Hall–Kier alpha value is -0.820. The van der Waals surface area contributed by atoms with E-state index in [4.69, 9.17) is 0 Å². The van der Waals surface area contributed by atoms with Gasteiger partial charge in [0.1, 0.15) is 0 Å². The molecule has 0 heterocycles. The number of hydrogen-bond donors (Lipinski definition) is 1. The van der Waals surface area contributed by atoms with Gasteiger partial charge in [-0.1, -0.05) is 36.8 Å². The molecule has 0 aromatic rings. The monoisotopic (exact) mass is 163 g/mol. The van der Waals surface area contributed by atoms with E-state index in [1.807, 2.05) is 7.05 Å². The Labute approximate surface area is 74.9 Å². The van der Waals surface area contributed by atoms with Gasteiger partial charge in [-0.15, -0.1) is 0 Å². The summed E-state index contributed by atoms with van der Waals surface area (Å²) in [7, 11) is 1.99. The van der Waals surface area contributed by atoms with Crippen molar-refractivity contribution in [1.82, 2.24) is 5.32 Å². The van der Waals surface area contributed by atoms with Crippen LogP contribution in [0.5, 0.6) is 0 Å². The molecule has 0 amide bonds. The Morgan fingerprint density at radius 1 is 1.42 bits per heavy atom. The third-order valence-electron chi connectivity index (χ3n) is 2.06. The summed E-state index contributed by atoms with van der Waals surface area (Å²) >= 11 is 0. The van der Waals surface area contributed by atoms with Crippen molar-refractivity contribution in [2.24, 2.45) is 0 Å². The van der Waals surface area contributed by atoms with Crippen LogP contribution < -0.4 is 5.32 Å². The van der Waals surface area contributed by atoms with Crippen LogP contribution in [0.2, 0.25) is 0 Å². The minimum Gasteiger partial charge on any atom is -0.316 e. The van der Waals surface area contributed by atoms with Crippen LogP contribution in [-0.2, 0) is 0 Å². The number of rotatable bonds is 3. The molecule has 0 spiro atoms. The quantitative estimate of drug-likeness (QED) is 0.673. The van der Waals surface area contributed by atoms with E-state index in [1.165, 1.54) is 11.1 Å². The predicted octanol–water partition coefficient (Wildman–Crippen LogP) is 2.43. The maximum atomic E-state index is 3.17. The molecule has 1 aliphatic carbocycles. The fourth-order valence-electron chi connectivity index (χ4n) is 1.30. The number of allylic oxidation sites excluding steroid dienone is 5. The van der Waals surface area contributed by atoms with E-state index in [-0.39, 0.29) is 0 Å². The van der Waals surface area contributed by atoms with Crippen LogP contribution in [0.1, 0.15) is 19.8 Å². The summed E-state index contributed by atoms with van der Waals surface area (Å²) in [5, 5.41) is 3.17. The van der Waals surface area contributed by atoms with Crippen LogP contribution >= 0.6 is 0 Å². The second-order valence-electron chi connectivity index (χ2n) is 3.06. The molecule has 0 radical (unpaired) electrons. The molecule has 1 nitrogen and oxygen atoms in total. The highest BCUT2D eigenvalue weighted by molar-refractivity contribution is 5.31. The molecule has 1 heteroatoms. The van der Waals surface area contributed by atoms with E-state index in [0.717, 1.165) is 19.4 Å². The Bertz CT molecular complexity index is 221. The van der Waals surface area contributed by atoms with Gasteiger partial charge in [0.15, 0.2) is 0 Å². The lowest BCUT2D eigenvalue weighted by Crippen LogP contribution is -2.09. The van der Waals surface area contributed by atoms with Gasteiger partial charge in [-0.25, -0.2) is 0 Å². The average molecular weight is 163 g/mol. The van der Waals surface area contributed by atoms with E-state index in [9.17, 15) is 0 Å². The molecule has 12 heavy (non-hydrogen) atoms. The SMILES string of the molecule is CCC1=CC=C(CNC)CC=C1. The molecule has 0 aromatic heterocycles. The van der Waals surface area contributed by atoms with Crippen molar-refractivity contribution < 1.29 is 0 Å². The maximum absolute atomic E-state index is 3.17. The van der Waals surface area contributed by atoms with Crippen LogP contribution in [-0.4, -0.2) is 13.6 Å². The smallest absolute Gasteiger partial charge is 0.0167 e. The average Bonchev–Trinajstić information content (AvgIpc) is 2.31. The molecule has 1 aliphatic rings. The van der Waals surface area contributed by atoms with Gasteiger partial charge in [-0.3, -0.25) is 0 Å². The summed E-state index contributed by atoms with van der Waals surface area (Å²) in [5.41, 5.74) is 2.87. The van der Waals surface area contributed by atoms with Gasteiger partial charge in [0.25, 0.3) is 0 Å². The molecular weight excluding hydrogens is 146 g/mol. The summed E-state index contributed by atoms with van der Waals surface area (Å²) in [6, 6.07) is 0. The zero-order valence-electron chi connectivity index (χ0n) is 7.93. The van der Waals surface area contributed by atoms with Gasteiger partial charge >= 0.3 is 0 Å². The summed E-state index contributed by atoms with van der Waals surface area (Å²) in [6.45, 7) is 3.19. The van der Waals surface area contributed by atoms with Crippen LogP contribution in [0.3, 0.4) is 0 Å². The van der Waals surface area contributed by atoms with Gasteiger partial charge in [0.2, 0.25) is 0 Å². The third kappa shape index (κ3) is 2.67. The minimum absolute atomic E-state index is 0.998. The first-order chi connectivity index (χ1) is 5.86. The van der Waals surface area contributed by atoms with E-state index >= 15 is 0 Å². The second-order valence-corrected chi connectivity index (χ2v) is 3.06. The van der Waals surface area contributed by atoms with Crippen molar-refractivity contribution in [2.75, 3.05) is 13.6 Å². The molecule has 0 saturated heterocycles. The van der Waals surface area contributed by atoms with Crippen LogP contribution in [0.4, 0.5) is 0 Å². The maximum Gasteiger partial charge on any atom is 0.0167 e. The summed E-state index contributed by atoms with van der Waals surface area (Å²) < 4.78 is 0. The molecule has 0 aromatic carbocycles. The van der Waals surface area contributed by atoms with Crippen molar-refractivity contribution in [3.8, 4) is 0 Å². The number of hydrogen-bond acceptors (Lipinski definition) is 1. The molecule has 0 saturated carbocycles. The highest BCUT2D eigenvalue weighted by atomic mass is 14.8. The molecule has 0 fully saturated rings. The number of likely N-dealkylation sites (N-methyl/N-ethyl adjacent to an activating group) is 1. The van der Waals surface area contributed by atoms with Crippen molar-refractivity contribution in [1.29, 1.82) is 0 Å². The normalized spacial score (nSPS) is 16.8. The Balaban J connectivity index is 2.63. The van der Waals surface area contributed by atoms with E-state index in [0.29, 0.717) is 0 Å². The van der Waals surface area contributed by atoms with E-state index in [2.05, 4.69) is 36.5 Å². The van der Waals surface area contributed by atoms with Gasteiger partial charge in [0.05, 0.1) is 0 Å². The lowest BCUT2D eigenvalue weighted by molar-refractivity contribution is 0.862. The zero-order chi connectivity index (χ0) is 8.81. The van der Waals surface area contributed by atoms with E-state index in [1.54, 1.807) is 0 Å². The molecule has 0 atom stereocenters. The fraction of sp³-hybridized carbons (Fsp3) is 0.455. The van der Waals surface area contributed by atoms with Gasteiger partial charge in [-0.05, 0) is 25.5 Å². The summed E-state index contributed by atoms with van der Waals surface area (Å²) in [5.74, 6) is 0. The van der Waals surface area contributed by atoms with E-state index < -0.39 is 0 Å². The highest BCUT2D eigenvalue weighted by Crippen LogP contribution is 2.12. The molecule has 0 bridgehead atoms. The van der Waals surface area contributed by atoms with Gasteiger partial charge in [0, 0.05) is 6.54 Å². The standard InChI is InChI=1S/C11H17N/c1-3-10-5-4-6-11(8-7-10)9-12-2/h4-5,7-8,12H,3,6,9H2,1-2H3. The first-order valence-corrected chi connectivity index (χ1v) is 4.56. The van der Waals surface area contributed by atoms with Crippen LogP contribution in [0.25, 0.3) is 0 Å². The topological polar surface area (TPSA) is 12.0 Å². The summed E-state index contributed by atoms with van der Waals surface area (Å²) in [6.07, 6.45) is 11.1. The highest BCUT2D eigenvalue weighted by Gasteiger charge is 1.96. The molecule has 1 N–H and O–H groups in total. The van der Waals surface area contributed by atoms with Crippen LogP contribution in [0.15, 0.2) is 35.5 Å².